The van der Waals surface area contributed by atoms with E-state index in [4.69, 9.17) is 4.74 Å². The van der Waals surface area contributed by atoms with E-state index in [-0.39, 0.29) is 26.8 Å². The molecule has 0 spiro atoms. The molecule has 2 heterocycles. The zero-order chi connectivity index (χ0) is 27.5. The van der Waals surface area contributed by atoms with Crippen LogP contribution in [0.3, 0.4) is 0 Å². The fraction of sp³-hybridized carbons (Fsp3) is 0.250. The maximum atomic E-state index is 12.2. The monoisotopic (exact) mass is 619 g/mol. The summed E-state index contributed by atoms with van der Waals surface area (Å²) >= 11 is 2.10. The quantitative estimate of drug-likeness (QED) is 0.253. The van der Waals surface area contributed by atoms with Crippen LogP contribution in [0.4, 0.5) is 37.7 Å². The third-order valence-electron chi connectivity index (χ3n) is 4.77. The first-order valence-electron chi connectivity index (χ1n) is 10.4. The maximum absolute atomic E-state index is 12.2. The van der Waals surface area contributed by atoms with Crippen molar-refractivity contribution in [3.05, 3.63) is 74.8 Å². The van der Waals surface area contributed by atoms with Gasteiger partial charge in [0.2, 0.25) is 0 Å². The molecule has 2 aromatic carbocycles. The standard InChI is InChI=1S/C13H12F3NOS.C11H8F3NO2S.Co/c1-7(2)8-3-4-9-10(5-8)19-12(17-9)6-11(18)13(14,15)16;1-17-6-2-3-8-7(4-6)15-10(18-8)5-9(16)11(12,13)14;/h3-7H,1-2H3,(H,17,18);2-5H,1H3,(H,15,16);/q;;+2/p-2. The Hall–Kier alpha value is -2.55. The van der Waals surface area contributed by atoms with Gasteiger partial charge in [0.1, 0.15) is 5.75 Å². The van der Waals surface area contributed by atoms with Gasteiger partial charge in [-0.15, -0.1) is 34.9 Å². The Labute approximate surface area is 233 Å². The molecule has 2 aliphatic heterocycles. The van der Waals surface area contributed by atoms with Crippen LogP contribution in [0.15, 0.2) is 68.4 Å². The second-order valence-electron chi connectivity index (χ2n) is 7.83. The average Bonchev–Trinajstić information content (AvgIpc) is 3.39. The van der Waals surface area contributed by atoms with Gasteiger partial charge in [0.15, 0.2) is 0 Å². The van der Waals surface area contributed by atoms with E-state index in [1.165, 1.54) is 7.11 Å². The molecule has 2 aromatic rings. The Morgan fingerprint density at radius 2 is 1.34 bits per heavy atom. The molecule has 38 heavy (non-hydrogen) atoms. The van der Waals surface area contributed by atoms with Gasteiger partial charge in [0, 0.05) is 0 Å². The third kappa shape index (κ3) is 8.22. The summed E-state index contributed by atoms with van der Waals surface area (Å²) in [6.45, 7) is 4.06. The number of thioether (sulfide) groups is 2. The summed E-state index contributed by atoms with van der Waals surface area (Å²) in [7, 11) is 1.48. The number of ether oxygens (including phenoxy) is 1. The number of fused-ring (bicyclic) bond motifs is 2. The van der Waals surface area contributed by atoms with Crippen LogP contribution in [-0.2, 0) is 26.4 Å². The van der Waals surface area contributed by atoms with Gasteiger partial charge >= 0.3 is 29.1 Å². The molecule has 5 nitrogen and oxygen atoms in total. The number of carbonyl (C=O) groups excluding carboxylic acids is 2. The Kier molecular flexibility index (Phi) is 10.4. The molecule has 0 aliphatic carbocycles. The van der Waals surface area contributed by atoms with E-state index in [1.54, 1.807) is 24.3 Å². The topological polar surface area (TPSA) is 71.6 Å². The van der Waals surface area contributed by atoms with Crippen LogP contribution in [0.5, 0.6) is 5.75 Å². The summed E-state index contributed by atoms with van der Waals surface area (Å²) in [4.78, 5) is 23.1. The number of alkyl halides is 6. The number of hydrogen-bond acceptors (Lipinski definition) is 5. The van der Waals surface area contributed by atoms with Crippen molar-refractivity contribution in [1.82, 2.24) is 0 Å². The zero-order valence-corrected chi connectivity index (χ0v) is 22.4. The molecule has 205 valence electrons. The molecule has 4 rings (SSSR count). The van der Waals surface area contributed by atoms with Gasteiger partial charge in [0.25, 0.3) is 11.6 Å². The molecule has 0 saturated carbocycles. The molecule has 0 unspecified atom stereocenters. The van der Waals surface area contributed by atoms with Gasteiger partial charge in [-0.25, -0.2) is 0 Å². The van der Waals surface area contributed by atoms with E-state index in [0.29, 0.717) is 40.1 Å². The fourth-order valence-electron chi connectivity index (χ4n) is 2.88. The fourth-order valence-corrected chi connectivity index (χ4v) is 4.71. The molecule has 0 aromatic heterocycles. The van der Waals surface area contributed by atoms with Crippen molar-refractivity contribution in [3.63, 3.8) is 0 Å². The Bertz CT molecular complexity index is 1280. The van der Waals surface area contributed by atoms with E-state index < -0.39 is 23.9 Å². The first kappa shape index (κ1) is 31.7. The van der Waals surface area contributed by atoms with Gasteiger partial charge in [0.05, 0.1) is 7.11 Å². The maximum Gasteiger partial charge on any atom is 2.00 e. The number of rotatable bonds is 4. The molecule has 0 N–H and O–H groups in total. The van der Waals surface area contributed by atoms with Crippen molar-refractivity contribution in [2.24, 2.45) is 0 Å². The predicted octanol–water partition coefficient (Wildman–Crippen LogP) is 8.67. The summed E-state index contributed by atoms with van der Waals surface area (Å²) in [6.07, 6.45) is -8.67. The Balaban J connectivity index is 0.000000260. The van der Waals surface area contributed by atoms with Gasteiger partial charge in [-0.1, -0.05) is 36.0 Å². The zero-order valence-electron chi connectivity index (χ0n) is 19.7. The van der Waals surface area contributed by atoms with E-state index in [1.807, 2.05) is 26.0 Å². The molecule has 0 fully saturated rings. The van der Waals surface area contributed by atoms with E-state index in [9.17, 15) is 35.9 Å². The molecule has 0 atom stereocenters. The normalized spacial score (nSPS) is 16.1. The van der Waals surface area contributed by atoms with Crippen molar-refractivity contribution < 1.29 is 57.4 Å². The number of ketones is 2. The largest absolute Gasteiger partial charge is 2.00 e. The number of benzene rings is 2. The number of hydrogen-bond donors (Lipinski definition) is 0. The average molecular weight is 619 g/mol. The minimum atomic E-state index is -4.87. The second-order valence-corrected chi connectivity index (χ2v) is 9.96. The van der Waals surface area contributed by atoms with E-state index in [0.717, 1.165) is 34.0 Å². The van der Waals surface area contributed by atoms with Gasteiger partial charge < -0.3 is 15.4 Å². The molecule has 0 saturated heterocycles. The van der Waals surface area contributed by atoms with Crippen molar-refractivity contribution >= 4 is 46.5 Å². The number of halogens is 6. The van der Waals surface area contributed by atoms with Gasteiger partial charge in [-0.3, -0.25) is 9.59 Å². The minimum absolute atomic E-state index is 0. The molecular formula is C24H18CoF6N2O3S2. The summed E-state index contributed by atoms with van der Waals surface area (Å²) in [6, 6.07) is 10.5. The smallest absolute Gasteiger partial charge is 0.651 e. The molecule has 2 aliphatic rings. The molecule has 0 bridgehead atoms. The number of carbonyl (C=O) groups is 2. The van der Waals surface area contributed by atoms with Crippen LogP contribution in [0.1, 0.15) is 25.3 Å². The second kappa shape index (κ2) is 12.5. The van der Waals surface area contributed by atoms with Crippen LogP contribution >= 0.6 is 23.5 Å². The minimum Gasteiger partial charge on any atom is -0.651 e. The molecule has 1 radical (unpaired) electrons. The summed E-state index contributed by atoms with van der Waals surface area (Å²) in [5.74, 6) is -2.90. The van der Waals surface area contributed by atoms with Gasteiger partial charge in [-0.05, 0) is 57.7 Å². The predicted molar refractivity (Wildman–Crippen MR) is 130 cm³/mol. The number of allylic oxidation sites excluding steroid dienone is 2. The van der Waals surface area contributed by atoms with Crippen LogP contribution < -0.4 is 4.74 Å². The van der Waals surface area contributed by atoms with Gasteiger partial charge in [-0.2, -0.15) is 26.3 Å². The Morgan fingerprint density at radius 3 is 1.84 bits per heavy atom. The Morgan fingerprint density at radius 1 is 0.816 bits per heavy atom. The summed E-state index contributed by atoms with van der Waals surface area (Å²) < 4.78 is 77.7. The summed E-state index contributed by atoms with van der Waals surface area (Å²) in [5.41, 5.74) is 2.20. The number of nitrogens with zero attached hydrogens (tertiary/aromatic N) is 2. The number of methoxy groups -OCH3 is 1. The first-order chi connectivity index (χ1) is 17.2. The molecule has 14 heteroatoms. The first-order valence-corrected chi connectivity index (χ1v) is 12.1. The van der Waals surface area contributed by atoms with Crippen molar-refractivity contribution in [3.8, 4) is 5.75 Å². The van der Waals surface area contributed by atoms with Crippen LogP contribution in [0.2, 0.25) is 0 Å². The molecule has 0 amide bonds. The van der Waals surface area contributed by atoms with E-state index >= 15 is 0 Å². The van der Waals surface area contributed by atoms with Crippen LogP contribution in [0.25, 0.3) is 10.6 Å². The SMILES string of the molecule is CC(C)c1ccc2c(c1)S/C(=C/C(=O)C(F)(F)F)[N-]2.COc1ccc2c(c1)[N-]/C(=C\C(=O)C(F)(F)F)S2.[Co+2]. The summed E-state index contributed by atoms with van der Waals surface area (Å²) in [5, 5.41) is 8.06. The van der Waals surface area contributed by atoms with Crippen molar-refractivity contribution in [2.75, 3.05) is 7.11 Å². The third-order valence-corrected chi connectivity index (χ3v) is 6.72. The van der Waals surface area contributed by atoms with Crippen LogP contribution in [-0.4, -0.2) is 31.0 Å². The molecular weight excluding hydrogens is 601 g/mol. The van der Waals surface area contributed by atoms with Crippen molar-refractivity contribution in [1.29, 1.82) is 0 Å². The van der Waals surface area contributed by atoms with Crippen LogP contribution in [0, 0.1) is 0 Å². The van der Waals surface area contributed by atoms with E-state index in [2.05, 4.69) is 10.6 Å². The van der Waals surface area contributed by atoms with Crippen molar-refractivity contribution in [2.45, 2.75) is 41.9 Å².